The van der Waals surface area contributed by atoms with Gasteiger partial charge in [-0.15, -0.1) is 0 Å². The van der Waals surface area contributed by atoms with Gasteiger partial charge in [0, 0.05) is 6.21 Å². The van der Waals surface area contributed by atoms with Crippen LogP contribution in [0.5, 0.6) is 17.2 Å². The summed E-state index contributed by atoms with van der Waals surface area (Å²) >= 11 is 0. The summed E-state index contributed by atoms with van der Waals surface area (Å²) in [5.74, 6) is 2.02. The molecule has 0 saturated carbocycles. The first-order valence-electron chi connectivity index (χ1n) is 11.1. The van der Waals surface area contributed by atoms with Crippen LogP contribution in [0.4, 0.5) is 5.69 Å². The molecular formula is C29H26N2O3. The quantitative estimate of drug-likeness (QED) is 0.297. The highest BCUT2D eigenvalue weighted by molar-refractivity contribution is 5.82. The number of hydrogen-bond donors (Lipinski definition) is 1. The van der Waals surface area contributed by atoms with Gasteiger partial charge in [0.25, 0.3) is 5.91 Å². The molecule has 4 rings (SSSR count). The van der Waals surface area contributed by atoms with E-state index in [1.807, 2.05) is 116 Å². The highest BCUT2D eigenvalue weighted by Gasteiger charge is 2.09. The molecule has 0 heterocycles. The third-order valence-corrected chi connectivity index (χ3v) is 5.11. The molecule has 1 atom stereocenters. The standard InChI is InChI=1S/C29H26N2O3/c1-22(24-8-4-2-5-9-24)31-29(32)21-33-26-16-12-23(13-17-26)20-30-25-14-18-28(19-15-25)34-27-10-6-3-7-11-27/h2-20,22H,21H2,1H3,(H,31,32)/t22-/m0/s1. The number of rotatable bonds is 9. The van der Waals surface area contributed by atoms with Crippen LogP contribution in [-0.4, -0.2) is 18.7 Å². The molecule has 1 N–H and O–H groups in total. The van der Waals surface area contributed by atoms with Gasteiger partial charge in [-0.1, -0.05) is 48.5 Å². The lowest BCUT2D eigenvalue weighted by Crippen LogP contribution is -2.31. The number of carbonyl (C=O) groups is 1. The largest absolute Gasteiger partial charge is 0.484 e. The molecule has 0 spiro atoms. The lowest BCUT2D eigenvalue weighted by Gasteiger charge is -2.14. The van der Waals surface area contributed by atoms with Crippen molar-refractivity contribution < 1.29 is 14.3 Å². The van der Waals surface area contributed by atoms with E-state index in [1.165, 1.54) is 0 Å². The van der Waals surface area contributed by atoms with Gasteiger partial charge in [0.1, 0.15) is 17.2 Å². The SMILES string of the molecule is C[C@H](NC(=O)COc1ccc(C=Nc2ccc(Oc3ccccc3)cc2)cc1)c1ccccc1. The van der Waals surface area contributed by atoms with Crippen molar-refractivity contribution in [2.24, 2.45) is 4.99 Å². The van der Waals surface area contributed by atoms with E-state index in [0.717, 1.165) is 28.3 Å². The van der Waals surface area contributed by atoms with Crippen LogP contribution in [0, 0.1) is 0 Å². The Bertz CT molecular complexity index is 1210. The molecule has 170 valence electrons. The van der Waals surface area contributed by atoms with Gasteiger partial charge in [-0.2, -0.15) is 0 Å². The van der Waals surface area contributed by atoms with Gasteiger partial charge in [0.15, 0.2) is 6.61 Å². The molecule has 0 aliphatic rings. The summed E-state index contributed by atoms with van der Waals surface area (Å²) in [6.45, 7) is 1.91. The fraction of sp³-hybridized carbons (Fsp3) is 0.103. The molecule has 0 aliphatic heterocycles. The fourth-order valence-corrected chi connectivity index (χ4v) is 3.28. The maximum Gasteiger partial charge on any atom is 0.258 e. The zero-order valence-corrected chi connectivity index (χ0v) is 18.9. The van der Waals surface area contributed by atoms with Crippen LogP contribution in [0.2, 0.25) is 0 Å². The molecule has 0 aliphatic carbocycles. The van der Waals surface area contributed by atoms with Crippen LogP contribution in [0.15, 0.2) is 114 Å². The Morgan fingerprint density at radius 2 is 1.38 bits per heavy atom. The third-order valence-electron chi connectivity index (χ3n) is 5.11. The molecule has 0 radical (unpaired) electrons. The van der Waals surface area contributed by atoms with Crippen molar-refractivity contribution in [3.63, 3.8) is 0 Å². The summed E-state index contributed by atoms with van der Waals surface area (Å²) in [5.41, 5.74) is 2.81. The summed E-state index contributed by atoms with van der Waals surface area (Å²) in [5, 5.41) is 2.94. The Labute approximate surface area is 199 Å². The highest BCUT2D eigenvalue weighted by Crippen LogP contribution is 2.24. The minimum Gasteiger partial charge on any atom is -0.484 e. The van der Waals surface area contributed by atoms with E-state index < -0.39 is 0 Å². The fourth-order valence-electron chi connectivity index (χ4n) is 3.28. The molecule has 0 bridgehead atoms. The van der Waals surface area contributed by atoms with Gasteiger partial charge in [0.2, 0.25) is 0 Å². The molecule has 1 amide bonds. The van der Waals surface area contributed by atoms with Crippen LogP contribution >= 0.6 is 0 Å². The zero-order chi connectivity index (χ0) is 23.6. The van der Waals surface area contributed by atoms with E-state index in [-0.39, 0.29) is 18.6 Å². The summed E-state index contributed by atoms with van der Waals surface area (Å²) in [6.07, 6.45) is 1.78. The second-order valence-corrected chi connectivity index (χ2v) is 7.72. The zero-order valence-electron chi connectivity index (χ0n) is 18.9. The van der Waals surface area contributed by atoms with E-state index in [1.54, 1.807) is 6.21 Å². The van der Waals surface area contributed by atoms with Crippen molar-refractivity contribution >= 4 is 17.8 Å². The van der Waals surface area contributed by atoms with Crippen LogP contribution in [0.25, 0.3) is 0 Å². The van der Waals surface area contributed by atoms with Crippen molar-refractivity contribution in [1.82, 2.24) is 5.32 Å². The Balaban J connectivity index is 1.25. The van der Waals surface area contributed by atoms with Crippen LogP contribution < -0.4 is 14.8 Å². The minimum atomic E-state index is -0.165. The van der Waals surface area contributed by atoms with E-state index >= 15 is 0 Å². The van der Waals surface area contributed by atoms with Gasteiger partial charge in [-0.05, 0) is 78.7 Å². The molecule has 0 fully saturated rings. The molecule has 34 heavy (non-hydrogen) atoms. The Morgan fingerprint density at radius 1 is 0.794 bits per heavy atom. The molecule has 5 nitrogen and oxygen atoms in total. The Kier molecular flexibility index (Phi) is 7.70. The molecule has 0 aromatic heterocycles. The van der Waals surface area contributed by atoms with Crippen molar-refractivity contribution in [1.29, 1.82) is 0 Å². The summed E-state index contributed by atoms with van der Waals surface area (Å²) in [7, 11) is 0. The molecular weight excluding hydrogens is 424 g/mol. The van der Waals surface area contributed by atoms with Crippen LogP contribution in [-0.2, 0) is 4.79 Å². The van der Waals surface area contributed by atoms with Crippen LogP contribution in [0.1, 0.15) is 24.1 Å². The van der Waals surface area contributed by atoms with E-state index in [0.29, 0.717) is 5.75 Å². The van der Waals surface area contributed by atoms with Gasteiger partial charge < -0.3 is 14.8 Å². The Morgan fingerprint density at radius 3 is 2.06 bits per heavy atom. The molecule has 0 unspecified atom stereocenters. The number of ether oxygens (including phenoxy) is 2. The average Bonchev–Trinajstić information content (AvgIpc) is 2.89. The number of nitrogens with zero attached hydrogens (tertiary/aromatic N) is 1. The summed E-state index contributed by atoms with van der Waals surface area (Å²) in [4.78, 5) is 16.7. The van der Waals surface area contributed by atoms with E-state index in [9.17, 15) is 4.79 Å². The number of carbonyl (C=O) groups excluding carboxylic acids is 1. The predicted octanol–water partition coefficient (Wildman–Crippen LogP) is 6.49. The number of amides is 1. The second kappa shape index (κ2) is 11.5. The van der Waals surface area contributed by atoms with E-state index in [2.05, 4.69) is 10.3 Å². The second-order valence-electron chi connectivity index (χ2n) is 7.72. The maximum atomic E-state index is 12.2. The Hall–Kier alpha value is -4.38. The molecule has 4 aromatic carbocycles. The van der Waals surface area contributed by atoms with Crippen molar-refractivity contribution in [2.45, 2.75) is 13.0 Å². The van der Waals surface area contributed by atoms with Crippen molar-refractivity contribution in [3.05, 3.63) is 120 Å². The van der Waals surface area contributed by atoms with Crippen molar-refractivity contribution in [2.75, 3.05) is 6.61 Å². The number of hydrogen-bond acceptors (Lipinski definition) is 4. The lowest BCUT2D eigenvalue weighted by atomic mass is 10.1. The highest BCUT2D eigenvalue weighted by atomic mass is 16.5. The molecule has 0 saturated heterocycles. The van der Waals surface area contributed by atoms with Gasteiger partial charge in [0.05, 0.1) is 11.7 Å². The van der Waals surface area contributed by atoms with Gasteiger partial charge >= 0.3 is 0 Å². The predicted molar refractivity (Wildman–Crippen MR) is 135 cm³/mol. The van der Waals surface area contributed by atoms with Crippen LogP contribution in [0.3, 0.4) is 0 Å². The van der Waals surface area contributed by atoms with Crippen molar-refractivity contribution in [3.8, 4) is 17.2 Å². The van der Waals surface area contributed by atoms with Gasteiger partial charge in [-0.3, -0.25) is 9.79 Å². The number of aliphatic imine (C=N–C) groups is 1. The first kappa shape index (κ1) is 22.8. The smallest absolute Gasteiger partial charge is 0.258 e. The molecule has 4 aromatic rings. The first-order valence-corrected chi connectivity index (χ1v) is 11.1. The van der Waals surface area contributed by atoms with Gasteiger partial charge in [-0.25, -0.2) is 0 Å². The summed E-state index contributed by atoms with van der Waals surface area (Å²) < 4.78 is 11.4. The lowest BCUT2D eigenvalue weighted by molar-refractivity contribution is -0.123. The number of benzene rings is 4. The summed E-state index contributed by atoms with van der Waals surface area (Å²) in [6, 6.07) is 34.4. The minimum absolute atomic E-state index is 0.0397. The normalized spacial score (nSPS) is 11.7. The average molecular weight is 451 g/mol. The molecule has 5 heteroatoms. The number of para-hydroxylation sites is 1. The van der Waals surface area contributed by atoms with E-state index in [4.69, 9.17) is 9.47 Å². The number of nitrogens with one attached hydrogen (secondary N) is 1. The first-order chi connectivity index (χ1) is 16.7. The monoisotopic (exact) mass is 450 g/mol. The maximum absolute atomic E-state index is 12.2. The third kappa shape index (κ3) is 6.81. The topological polar surface area (TPSA) is 59.9 Å².